The van der Waals surface area contributed by atoms with E-state index in [-0.39, 0.29) is 5.91 Å². The average molecular weight is 416 g/mol. The summed E-state index contributed by atoms with van der Waals surface area (Å²) in [6.07, 6.45) is 0.295. The topological polar surface area (TPSA) is 29.1 Å². The highest BCUT2D eigenvalue weighted by Crippen LogP contribution is 2.50. The zero-order valence-electron chi connectivity index (χ0n) is 10.9. The molecular formula is C16H12ClFINO. The van der Waals surface area contributed by atoms with Crippen LogP contribution in [-0.2, 0) is 5.67 Å². The third-order valence-corrected chi connectivity index (χ3v) is 4.83. The van der Waals surface area contributed by atoms with Gasteiger partial charge in [0.15, 0.2) is 5.67 Å². The van der Waals surface area contributed by atoms with Gasteiger partial charge < -0.3 is 5.32 Å². The Morgan fingerprint density at radius 2 is 1.90 bits per heavy atom. The van der Waals surface area contributed by atoms with Crippen LogP contribution in [0.2, 0.25) is 5.02 Å². The summed E-state index contributed by atoms with van der Waals surface area (Å²) in [4.78, 5) is 12.2. The number of rotatable bonds is 3. The Kier molecular flexibility index (Phi) is 3.92. The molecule has 2 nitrogen and oxygen atoms in total. The van der Waals surface area contributed by atoms with Gasteiger partial charge in [0.05, 0.1) is 11.6 Å². The zero-order valence-corrected chi connectivity index (χ0v) is 13.9. The summed E-state index contributed by atoms with van der Waals surface area (Å²) in [6.45, 7) is 0. The molecule has 2 aromatic carbocycles. The van der Waals surface area contributed by atoms with Gasteiger partial charge in [0, 0.05) is 15.0 Å². The second-order valence-electron chi connectivity index (χ2n) is 5.08. The van der Waals surface area contributed by atoms with E-state index in [0.717, 1.165) is 3.57 Å². The van der Waals surface area contributed by atoms with Crippen molar-refractivity contribution >= 4 is 40.1 Å². The smallest absolute Gasteiger partial charge is 0.252 e. The van der Waals surface area contributed by atoms with Gasteiger partial charge >= 0.3 is 0 Å². The van der Waals surface area contributed by atoms with Crippen molar-refractivity contribution in [1.29, 1.82) is 0 Å². The molecule has 1 aliphatic rings. The molecule has 1 amide bonds. The van der Waals surface area contributed by atoms with Crippen LogP contribution in [0.25, 0.3) is 0 Å². The lowest BCUT2D eigenvalue weighted by Gasteiger charge is -2.10. The van der Waals surface area contributed by atoms with Crippen LogP contribution in [0.15, 0.2) is 48.5 Å². The number of halogens is 3. The molecule has 5 heteroatoms. The maximum atomic E-state index is 14.7. The first-order valence-electron chi connectivity index (χ1n) is 6.51. The van der Waals surface area contributed by atoms with Crippen molar-refractivity contribution in [3.63, 3.8) is 0 Å². The minimum absolute atomic E-state index is 0.238. The third-order valence-electron chi connectivity index (χ3n) is 3.64. The standard InChI is InChI=1S/C16H12ClFINO/c17-11-7-5-10(6-8-11)16(18)9-14(16)20-15(21)12-3-1-2-4-13(12)19/h1-8,14H,9H2,(H,20,21)/t14-,16+/m1/s1. The number of benzene rings is 2. The second kappa shape index (κ2) is 5.57. The molecule has 1 saturated carbocycles. The van der Waals surface area contributed by atoms with Crippen LogP contribution in [-0.4, -0.2) is 11.9 Å². The van der Waals surface area contributed by atoms with Crippen molar-refractivity contribution in [2.75, 3.05) is 0 Å². The SMILES string of the molecule is O=C(N[C@@H]1C[C@]1(F)c1ccc(Cl)cc1)c1ccccc1I. The normalized spacial score (nSPS) is 23.7. The molecule has 0 heterocycles. The highest BCUT2D eigenvalue weighted by Gasteiger charge is 2.57. The van der Waals surface area contributed by atoms with Crippen LogP contribution in [0.1, 0.15) is 22.3 Å². The summed E-state index contributed by atoms with van der Waals surface area (Å²) in [7, 11) is 0. The van der Waals surface area contributed by atoms with E-state index in [0.29, 0.717) is 22.6 Å². The summed E-state index contributed by atoms with van der Waals surface area (Å²) < 4.78 is 15.6. The largest absolute Gasteiger partial charge is 0.346 e. The van der Waals surface area contributed by atoms with Gasteiger partial charge in [-0.15, -0.1) is 0 Å². The third kappa shape index (κ3) is 2.92. The molecule has 3 rings (SSSR count). The first-order chi connectivity index (χ1) is 10.0. The molecule has 0 saturated heterocycles. The van der Waals surface area contributed by atoms with Crippen LogP contribution >= 0.6 is 34.2 Å². The molecule has 21 heavy (non-hydrogen) atoms. The summed E-state index contributed by atoms with van der Waals surface area (Å²) >= 11 is 7.90. The molecule has 1 aliphatic carbocycles. The van der Waals surface area contributed by atoms with Crippen molar-refractivity contribution in [2.45, 2.75) is 18.1 Å². The van der Waals surface area contributed by atoms with E-state index < -0.39 is 11.7 Å². The zero-order chi connectivity index (χ0) is 15.0. The Hall–Kier alpha value is -1.14. The van der Waals surface area contributed by atoms with E-state index in [9.17, 15) is 9.18 Å². The first-order valence-corrected chi connectivity index (χ1v) is 7.97. The molecule has 1 N–H and O–H groups in total. The summed E-state index contributed by atoms with van der Waals surface area (Å²) in [5, 5.41) is 3.33. The Bertz CT molecular complexity index is 691. The fourth-order valence-electron chi connectivity index (χ4n) is 2.33. The lowest BCUT2D eigenvalue weighted by molar-refractivity contribution is 0.0939. The van der Waals surface area contributed by atoms with Crippen molar-refractivity contribution in [2.24, 2.45) is 0 Å². The summed E-state index contributed by atoms with van der Waals surface area (Å²) in [5.41, 5.74) is -0.357. The molecule has 0 aliphatic heterocycles. The van der Waals surface area contributed by atoms with Gasteiger partial charge in [0.25, 0.3) is 5.91 Å². The van der Waals surface area contributed by atoms with E-state index >= 15 is 0 Å². The Labute approximate surface area is 140 Å². The molecule has 0 unspecified atom stereocenters. The molecule has 0 radical (unpaired) electrons. The fraction of sp³-hybridized carbons (Fsp3) is 0.188. The van der Waals surface area contributed by atoms with Crippen LogP contribution in [0, 0.1) is 3.57 Å². The number of nitrogens with one attached hydrogen (secondary N) is 1. The number of amides is 1. The van der Waals surface area contributed by atoms with Crippen molar-refractivity contribution in [3.8, 4) is 0 Å². The van der Waals surface area contributed by atoms with Gasteiger partial charge in [-0.1, -0.05) is 35.9 Å². The highest BCUT2D eigenvalue weighted by atomic mass is 127. The van der Waals surface area contributed by atoms with Gasteiger partial charge in [-0.05, 0) is 52.4 Å². The number of carbonyl (C=O) groups is 1. The van der Waals surface area contributed by atoms with Crippen LogP contribution < -0.4 is 5.32 Å². The minimum Gasteiger partial charge on any atom is -0.346 e. The van der Waals surface area contributed by atoms with E-state index in [1.165, 1.54) is 0 Å². The predicted molar refractivity (Wildman–Crippen MR) is 89.3 cm³/mol. The first kappa shape index (κ1) is 14.8. The summed E-state index contributed by atoms with van der Waals surface area (Å²) in [5.74, 6) is -0.238. The molecule has 2 atom stereocenters. The maximum Gasteiger partial charge on any atom is 0.252 e. The minimum atomic E-state index is -1.49. The second-order valence-corrected chi connectivity index (χ2v) is 6.68. The molecule has 0 aromatic heterocycles. The lowest BCUT2D eigenvalue weighted by atomic mass is 10.1. The van der Waals surface area contributed by atoms with Gasteiger partial charge in [-0.3, -0.25) is 4.79 Å². The number of hydrogen-bond donors (Lipinski definition) is 1. The lowest BCUT2D eigenvalue weighted by Crippen LogP contribution is -2.30. The molecule has 108 valence electrons. The van der Waals surface area contributed by atoms with Crippen LogP contribution in [0.5, 0.6) is 0 Å². The van der Waals surface area contributed by atoms with Gasteiger partial charge in [0.2, 0.25) is 0 Å². The van der Waals surface area contributed by atoms with Crippen molar-refractivity contribution in [3.05, 3.63) is 68.3 Å². The number of alkyl halides is 1. The van der Waals surface area contributed by atoms with Gasteiger partial charge in [-0.25, -0.2) is 4.39 Å². The highest BCUT2D eigenvalue weighted by molar-refractivity contribution is 14.1. The predicted octanol–water partition coefficient (Wildman–Crippen LogP) is 4.31. The van der Waals surface area contributed by atoms with E-state index in [4.69, 9.17) is 11.6 Å². The molecular weight excluding hydrogens is 404 g/mol. The monoisotopic (exact) mass is 415 g/mol. The van der Waals surface area contributed by atoms with Crippen molar-refractivity contribution < 1.29 is 9.18 Å². The number of carbonyl (C=O) groups excluding carboxylic acids is 1. The van der Waals surface area contributed by atoms with Crippen molar-refractivity contribution in [1.82, 2.24) is 5.32 Å². The quantitative estimate of drug-likeness (QED) is 0.744. The maximum absolute atomic E-state index is 14.7. The molecule has 2 aromatic rings. The van der Waals surface area contributed by atoms with E-state index in [1.54, 1.807) is 36.4 Å². The van der Waals surface area contributed by atoms with Gasteiger partial charge in [0.1, 0.15) is 0 Å². The Morgan fingerprint density at radius 1 is 1.24 bits per heavy atom. The average Bonchev–Trinajstić information content (AvgIpc) is 3.11. The van der Waals surface area contributed by atoms with Crippen LogP contribution in [0.4, 0.5) is 4.39 Å². The molecule has 0 spiro atoms. The summed E-state index contributed by atoms with van der Waals surface area (Å²) in [6, 6.07) is 13.4. The van der Waals surface area contributed by atoms with Gasteiger partial charge in [-0.2, -0.15) is 0 Å². The molecule has 1 fully saturated rings. The number of hydrogen-bond acceptors (Lipinski definition) is 1. The van der Waals surface area contributed by atoms with E-state index in [2.05, 4.69) is 27.9 Å². The Morgan fingerprint density at radius 3 is 2.57 bits per heavy atom. The Balaban J connectivity index is 1.72. The molecule has 0 bridgehead atoms. The van der Waals surface area contributed by atoms with E-state index in [1.807, 2.05) is 12.1 Å². The van der Waals surface area contributed by atoms with Crippen LogP contribution in [0.3, 0.4) is 0 Å². The fourth-order valence-corrected chi connectivity index (χ4v) is 3.09.